The van der Waals surface area contributed by atoms with Crippen molar-refractivity contribution < 1.29 is 21.5 Å². The summed E-state index contributed by atoms with van der Waals surface area (Å²) in [4.78, 5) is 7.22. The number of hydrogen-bond acceptors (Lipinski definition) is 3. The van der Waals surface area contributed by atoms with E-state index in [2.05, 4.69) is 63.9 Å². The summed E-state index contributed by atoms with van der Waals surface area (Å²) in [6.07, 6.45) is 17.3. The Morgan fingerprint density at radius 2 is 0.871 bits per heavy atom. The normalized spacial score (nSPS) is 12.2. The highest BCUT2D eigenvalue weighted by Crippen LogP contribution is 2.12. The first kappa shape index (κ1) is 33.5. The molecule has 31 heavy (non-hydrogen) atoms. The van der Waals surface area contributed by atoms with Crippen LogP contribution in [0.2, 0.25) is 0 Å². The first-order valence-corrected chi connectivity index (χ1v) is 13.1. The van der Waals surface area contributed by atoms with Crippen LogP contribution in [0.4, 0.5) is 0 Å². The minimum atomic E-state index is 0. The Labute approximate surface area is 208 Å². The molecule has 0 saturated heterocycles. The van der Waals surface area contributed by atoms with Crippen LogP contribution in [-0.2, 0) is 0 Å². The number of rotatable bonds is 22. The summed E-state index contributed by atoms with van der Waals surface area (Å²) in [6, 6.07) is 0. The lowest BCUT2D eigenvalue weighted by Gasteiger charge is -2.32. The molecule has 0 N–H and O–H groups in total. The molecule has 0 rings (SSSR count). The summed E-state index contributed by atoms with van der Waals surface area (Å²) >= 11 is 0. The van der Waals surface area contributed by atoms with Gasteiger partial charge >= 0.3 is 0 Å². The first-order chi connectivity index (χ1) is 14.3. The fraction of sp³-hybridized carbons (Fsp3) is 1.00. The van der Waals surface area contributed by atoms with Crippen LogP contribution in [0.25, 0.3) is 0 Å². The molecule has 0 aromatic heterocycles. The highest BCUT2D eigenvalue weighted by Gasteiger charge is 2.15. The molecule has 0 aliphatic rings. The van der Waals surface area contributed by atoms with Crippen molar-refractivity contribution in [3.05, 3.63) is 0 Å². The van der Waals surface area contributed by atoms with Gasteiger partial charge < -0.3 is 31.3 Å². The standard InChI is InChI=1S/C26H59N4.BrH/c1-8-9-10-11-12-13-14-15-16-17-18-19-25-30(6,7)26-24-29(5)23-22-28(4)21-20-27(2)3;/h8-26H2,1-7H3;1H/q+1;/p-1. The summed E-state index contributed by atoms with van der Waals surface area (Å²) in [6.45, 7) is 10.7. The minimum absolute atomic E-state index is 0. The van der Waals surface area contributed by atoms with Crippen molar-refractivity contribution >= 4 is 0 Å². The van der Waals surface area contributed by atoms with Crippen molar-refractivity contribution in [3.63, 3.8) is 0 Å². The van der Waals surface area contributed by atoms with E-state index in [1.165, 1.54) is 108 Å². The van der Waals surface area contributed by atoms with E-state index in [0.29, 0.717) is 0 Å². The molecule has 0 atom stereocenters. The maximum absolute atomic E-state index is 2.51. The predicted octanol–water partition coefficient (Wildman–Crippen LogP) is 2.19. The van der Waals surface area contributed by atoms with Crippen LogP contribution in [0.1, 0.15) is 84.0 Å². The van der Waals surface area contributed by atoms with E-state index < -0.39 is 0 Å². The van der Waals surface area contributed by atoms with Gasteiger partial charge in [-0.1, -0.05) is 71.1 Å². The lowest BCUT2D eigenvalue weighted by molar-refractivity contribution is -0.890. The monoisotopic (exact) mass is 506 g/mol. The van der Waals surface area contributed by atoms with Crippen molar-refractivity contribution in [3.8, 4) is 0 Å². The van der Waals surface area contributed by atoms with Crippen LogP contribution in [0, 0.1) is 0 Å². The van der Waals surface area contributed by atoms with E-state index in [0.717, 1.165) is 19.6 Å². The SMILES string of the molecule is CCCCCCCCCCCCCC[N+](C)(C)CCN(C)CCN(C)CCN(C)C.[Br-]. The Morgan fingerprint density at radius 1 is 0.484 bits per heavy atom. The van der Waals surface area contributed by atoms with Gasteiger partial charge in [-0.05, 0) is 41.0 Å². The number of nitrogens with zero attached hydrogens (tertiary/aromatic N) is 4. The number of likely N-dealkylation sites (N-methyl/N-ethyl adjacent to an activating group) is 4. The zero-order chi connectivity index (χ0) is 22.7. The summed E-state index contributed by atoms with van der Waals surface area (Å²) in [7, 11) is 13.6. The third-order valence-electron chi connectivity index (χ3n) is 6.50. The predicted molar refractivity (Wildman–Crippen MR) is 136 cm³/mol. The highest BCUT2D eigenvalue weighted by molar-refractivity contribution is 4.59. The van der Waals surface area contributed by atoms with Crippen molar-refractivity contribution in [2.75, 3.05) is 88.1 Å². The fourth-order valence-electron chi connectivity index (χ4n) is 3.87. The van der Waals surface area contributed by atoms with Crippen LogP contribution in [0.15, 0.2) is 0 Å². The van der Waals surface area contributed by atoms with Crippen LogP contribution < -0.4 is 17.0 Å². The van der Waals surface area contributed by atoms with Gasteiger partial charge in [0.25, 0.3) is 0 Å². The Bertz CT molecular complexity index is 363. The van der Waals surface area contributed by atoms with E-state index in [9.17, 15) is 0 Å². The molecule has 0 unspecified atom stereocenters. The minimum Gasteiger partial charge on any atom is -1.00 e. The maximum Gasteiger partial charge on any atom is 0.0911 e. The molecular weight excluding hydrogens is 448 g/mol. The lowest BCUT2D eigenvalue weighted by Crippen LogP contribution is -3.00. The molecule has 0 bridgehead atoms. The molecular formula is C26H59BrN4. The van der Waals surface area contributed by atoms with Crippen LogP contribution in [0.5, 0.6) is 0 Å². The topological polar surface area (TPSA) is 9.72 Å². The third-order valence-corrected chi connectivity index (χ3v) is 6.50. The molecule has 0 spiro atoms. The number of hydrogen-bond donors (Lipinski definition) is 0. The van der Waals surface area contributed by atoms with Gasteiger partial charge in [0.05, 0.1) is 27.2 Å². The van der Waals surface area contributed by atoms with Gasteiger partial charge in [0, 0.05) is 32.7 Å². The quantitative estimate of drug-likeness (QED) is 0.164. The van der Waals surface area contributed by atoms with Gasteiger partial charge in [-0.15, -0.1) is 0 Å². The molecule has 0 aromatic rings. The molecule has 0 fully saturated rings. The van der Waals surface area contributed by atoms with Gasteiger partial charge in [-0.25, -0.2) is 0 Å². The summed E-state index contributed by atoms with van der Waals surface area (Å²) in [5.74, 6) is 0. The average molecular weight is 508 g/mol. The second-order valence-electron chi connectivity index (χ2n) is 10.7. The lowest BCUT2D eigenvalue weighted by atomic mass is 10.1. The first-order valence-electron chi connectivity index (χ1n) is 13.1. The summed E-state index contributed by atoms with van der Waals surface area (Å²) in [5.41, 5.74) is 0. The van der Waals surface area contributed by atoms with E-state index >= 15 is 0 Å². The number of halogens is 1. The second kappa shape index (κ2) is 22.1. The smallest absolute Gasteiger partial charge is 0.0911 e. The molecule has 190 valence electrons. The van der Waals surface area contributed by atoms with Crippen molar-refractivity contribution in [1.82, 2.24) is 14.7 Å². The van der Waals surface area contributed by atoms with E-state index in [1.54, 1.807) is 0 Å². The molecule has 4 nitrogen and oxygen atoms in total. The Balaban J connectivity index is 0. The zero-order valence-corrected chi connectivity index (χ0v) is 24.2. The van der Waals surface area contributed by atoms with Crippen LogP contribution in [-0.4, -0.2) is 107 Å². The largest absolute Gasteiger partial charge is 1.00 e. The third kappa shape index (κ3) is 24.8. The van der Waals surface area contributed by atoms with Crippen molar-refractivity contribution in [2.45, 2.75) is 84.0 Å². The molecule has 0 amide bonds. The van der Waals surface area contributed by atoms with Crippen LogP contribution >= 0.6 is 0 Å². The van der Waals surface area contributed by atoms with Crippen molar-refractivity contribution in [1.29, 1.82) is 0 Å². The molecule has 0 aromatic carbocycles. The van der Waals surface area contributed by atoms with Gasteiger partial charge in [0.1, 0.15) is 0 Å². The number of unbranched alkanes of at least 4 members (excludes halogenated alkanes) is 11. The summed E-state index contributed by atoms with van der Waals surface area (Å²) < 4.78 is 1.17. The van der Waals surface area contributed by atoms with Crippen LogP contribution in [0.3, 0.4) is 0 Å². The molecule has 0 aliphatic heterocycles. The molecule has 0 saturated carbocycles. The Morgan fingerprint density at radius 3 is 1.32 bits per heavy atom. The van der Waals surface area contributed by atoms with Gasteiger partial charge in [0.2, 0.25) is 0 Å². The average Bonchev–Trinajstić information content (AvgIpc) is 2.70. The van der Waals surface area contributed by atoms with E-state index in [1.807, 2.05) is 0 Å². The molecule has 0 radical (unpaired) electrons. The van der Waals surface area contributed by atoms with Gasteiger partial charge in [-0.2, -0.15) is 0 Å². The van der Waals surface area contributed by atoms with E-state index in [-0.39, 0.29) is 17.0 Å². The van der Waals surface area contributed by atoms with Gasteiger partial charge in [0.15, 0.2) is 0 Å². The Kier molecular flexibility index (Phi) is 23.9. The second-order valence-corrected chi connectivity index (χ2v) is 10.7. The maximum atomic E-state index is 2.51. The fourth-order valence-corrected chi connectivity index (χ4v) is 3.87. The van der Waals surface area contributed by atoms with Crippen molar-refractivity contribution in [2.24, 2.45) is 0 Å². The number of quaternary nitrogens is 1. The van der Waals surface area contributed by atoms with E-state index in [4.69, 9.17) is 0 Å². The molecule has 5 heteroatoms. The zero-order valence-electron chi connectivity index (χ0n) is 22.6. The van der Waals surface area contributed by atoms with Gasteiger partial charge in [-0.3, -0.25) is 4.90 Å². The Hall–Kier alpha value is 0.320. The molecule has 0 heterocycles. The highest BCUT2D eigenvalue weighted by atomic mass is 79.9. The summed E-state index contributed by atoms with van der Waals surface area (Å²) in [5, 5.41) is 0. The molecule has 0 aliphatic carbocycles.